The van der Waals surface area contributed by atoms with E-state index in [1.54, 1.807) is 0 Å². The smallest absolute Gasteiger partial charge is 0.324 e. The quantitative estimate of drug-likeness (QED) is 0.570. The summed E-state index contributed by atoms with van der Waals surface area (Å²) in [5, 5.41) is 18.3. The molecule has 1 rings (SSSR count). The molecule has 1 fully saturated rings. The van der Waals surface area contributed by atoms with Crippen LogP contribution in [0, 0.1) is 5.41 Å². The van der Waals surface area contributed by atoms with Crippen LogP contribution in [0.2, 0.25) is 0 Å². The van der Waals surface area contributed by atoms with E-state index in [2.05, 4.69) is 0 Å². The van der Waals surface area contributed by atoms with Crippen LogP contribution in [-0.2, 0) is 9.59 Å². The maximum atomic E-state index is 11.3. The highest BCUT2D eigenvalue weighted by molar-refractivity contribution is 6.71. The first-order valence-electron chi connectivity index (χ1n) is 4.45. The van der Waals surface area contributed by atoms with E-state index in [1.165, 1.54) is 0 Å². The Kier molecular flexibility index (Phi) is 4.28. The van der Waals surface area contributed by atoms with Gasteiger partial charge >= 0.3 is 11.9 Å². The summed E-state index contributed by atoms with van der Waals surface area (Å²) in [4.78, 5) is 22.6. The van der Waals surface area contributed by atoms with Crippen LogP contribution in [0.15, 0.2) is 0 Å². The molecule has 0 amide bonds. The molecule has 1 aliphatic rings. The van der Waals surface area contributed by atoms with Crippen molar-refractivity contribution in [3.63, 3.8) is 0 Å². The number of hydrogen-bond donors (Lipinski definition) is 2. The van der Waals surface area contributed by atoms with E-state index in [9.17, 15) is 9.59 Å². The van der Waals surface area contributed by atoms with E-state index >= 15 is 0 Å². The lowest BCUT2D eigenvalue weighted by molar-refractivity contribution is -0.168. The van der Waals surface area contributed by atoms with Crippen molar-refractivity contribution in [2.75, 3.05) is 0 Å². The predicted molar refractivity (Wildman–Crippen MR) is 70.2 cm³/mol. The maximum Gasteiger partial charge on any atom is 0.324 e. The van der Waals surface area contributed by atoms with Crippen LogP contribution in [0.25, 0.3) is 0 Å². The minimum absolute atomic E-state index is 0.303. The third-order valence-electron chi connectivity index (χ3n) is 2.93. The number of hydrogen-bond acceptors (Lipinski definition) is 2. The van der Waals surface area contributed by atoms with E-state index in [1.807, 2.05) is 0 Å². The lowest BCUT2D eigenvalue weighted by Gasteiger charge is -2.52. The monoisotopic (exact) mass is 376 g/mol. The van der Waals surface area contributed by atoms with Gasteiger partial charge in [0, 0.05) is 0 Å². The summed E-state index contributed by atoms with van der Waals surface area (Å²) >= 11 is 35.0. The number of carbonyl (C=O) groups is 2. The van der Waals surface area contributed by atoms with Crippen LogP contribution in [-0.4, -0.2) is 35.2 Å². The summed E-state index contributed by atoms with van der Waals surface area (Å²) in [6.45, 7) is 0. The fourth-order valence-corrected chi connectivity index (χ4v) is 3.74. The third-order valence-corrected chi connectivity index (χ3v) is 7.08. The van der Waals surface area contributed by atoms with E-state index in [-0.39, 0.29) is 6.42 Å². The van der Waals surface area contributed by atoms with Crippen LogP contribution in [0.5, 0.6) is 0 Å². The predicted octanol–water partition coefficient (Wildman–Crippen LogP) is 3.46. The number of rotatable bonds is 2. The summed E-state index contributed by atoms with van der Waals surface area (Å²) < 4.78 is -6.89. The van der Waals surface area contributed by atoms with Gasteiger partial charge in [-0.3, -0.25) is 9.59 Å². The second-order valence-electron chi connectivity index (χ2n) is 3.87. The largest absolute Gasteiger partial charge is 0.480 e. The van der Waals surface area contributed by atoms with Crippen molar-refractivity contribution in [2.24, 2.45) is 5.41 Å². The summed E-state index contributed by atoms with van der Waals surface area (Å²) in [7, 11) is 0. The SMILES string of the molecule is O=C(O)C1(C(=O)O)CCC(Cl)(Cl)C(Cl)(Cl)C1(Cl)Cl. The molecular formula is C8H6Cl6O4. The van der Waals surface area contributed by atoms with Crippen molar-refractivity contribution < 1.29 is 19.8 Å². The van der Waals surface area contributed by atoms with Gasteiger partial charge in [0.2, 0.25) is 5.41 Å². The van der Waals surface area contributed by atoms with E-state index in [0.717, 1.165) is 0 Å². The van der Waals surface area contributed by atoms with Crippen molar-refractivity contribution in [3.05, 3.63) is 0 Å². The lowest BCUT2D eigenvalue weighted by atomic mass is 9.72. The molecule has 10 heteroatoms. The van der Waals surface area contributed by atoms with Crippen molar-refractivity contribution in [2.45, 2.75) is 25.8 Å². The topological polar surface area (TPSA) is 74.6 Å². The Morgan fingerprint density at radius 2 is 1.17 bits per heavy atom. The molecule has 0 saturated heterocycles. The average Bonchev–Trinajstić information content (AvgIpc) is 2.14. The molecule has 0 unspecified atom stereocenters. The molecule has 0 atom stereocenters. The Morgan fingerprint density at radius 3 is 1.50 bits per heavy atom. The molecule has 4 nitrogen and oxygen atoms in total. The van der Waals surface area contributed by atoms with Crippen molar-refractivity contribution in [1.29, 1.82) is 0 Å². The number of carboxylic acid groups (broad SMARTS) is 2. The Morgan fingerprint density at radius 1 is 0.778 bits per heavy atom. The number of carboxylic acids is 2. The molecular weight excluding hydrogens is 373 g/mol. The van der Waals surface area contributed by atoms with Gasteiger partial charge in [-0.2, -0.15) is 0 Å². The van der Waals surface area contributed by atoms with Gasteiger partial charge in [0.05, 0.1) is 0 Å². The lowest BCUT2D eigenvalue weighted by Crippen LogP contribution is -2.67. The van der Waals surface area contributed by atoms with Crippen molar-refractivity contribution in [1.82, 2.24) is 0 Å². The minimum Gasteiger partial charge on any atom is -0.480 e. The number of halogens is 6. The van der Waals surface area contributed by atoms with Crippen molar-refractivity contribution in [3.8, 4) is 0 Å². The highest BCUT2D eigenvalue weighted by Gasteiger charge is 2.77. The first kappa shape index (κ1) is 16.7. The molecule has 1 saturated carbocycles. The van der Waals surface area contributed by atoms with Crippen LogP contribution in [0.1, 0.15) is 12.8 Å². The molecule has 0 spiro atoms. The van der Waals surface area contributed by atoms with Gasteiger partial charge in [-0.05, 0) is 12.8 Å². The molecule has 0 aromatic rings. The van der Waals surface area contributed by atoms with Crippen molar-refractivity contribution >= 4 is 81.5 Å². The zero-order valence-electron chi connectivity index (χ0n) is 8.39. The standard InChI is InChI=1S/C8H6Cl6O4/c9-6(10)2-1-5(3(15)16,4(17)18)7(11,12)8(6,13)14/h1-2H2,(H,15,16)(H,17,18). The molecule has 0 aromatic carbocycles. The molecule has 0 radical (unpaired) electrons. The summed E-state index contributed by atoms with van der Waals surface area (Å²) in [6, 6.07) is 0. The molecule has 0 aromatic heterocycles. The van der Waals surface area contributed by atoms with Gasteiger partial charge in [-0.1, -0.05) is 69.6 Å². The fourth-order valence-electron chi connectivity index (χ4n) is 1.73. The normalized spacial score (nSPS) is 27.4. The summed E-state index contributed by atoms with van der Waals surface area (Å²) in [5.41, 5.74) is -2.60. The van der Waals surface area contributed by atoms with Gasteiger partial charge in [0.15, 0.2) is 13.0 Å². The van der Waals surface area contributed by atoms with E-state index in [4.69, 9.17) is 79.8 Å². The zero-order chi connectivity index (χ0) is 14.6. The third kappa shape index (κ3) is 1.88. The Hall–Kier alpha value is 0.680. The van der Waals surface area contributed by atoms with E-state index < -0.39 is 36.8 Å². The Bertz CT molecular complexity index is 390. The Balaban J connectivity index is 3.53. The highest BCUT2D eigenvalue weighted by atomic mass is 35.5. The minimum atomic E-state index is -2.62. The average molecular weight is 379 g/mol. The molecule has 0 bridgehead atoms. The van der Waals surface area contributed by atoms with E-state index in [0.29, 0.717) is 0 Å². The van der Waals surface area contributed by atoms with Crippen LogP contribution < -0.4 is 0 Å². The molecule has 18 heavy (non-hydrogen) atoms. The van der Waals surface area contributed by atoms with Gasteiger partial charge in [0.1, 0.15) is 0 Å². The van der Waals surface area contributed by atoms with Crippen LogP contribution >= 0.6 is 69.6 Å². The molecule has 2 N–H and O–H groups in total. The first-order chi connectivity index (χ1) is 7.84. The molecule has 0 aliphatic heterocycles. The number of aliphatic carboxylic acids is 2. The van der Waals surface area contributed by atoms with Gasteiger partial charge < -0.3 is 10.2 Å². The zero-order valence-corrected chi connectivity index (χ0v) is 12.9. The molecule has 104 valence electrons. The van der Waals surface area contributed by atoms with Crippen LogP contribution in [0.4, 0.5) is 0 Å². The summed E-state index contributed by atoms with van der Waals surface area (Å²) in [5.74, 6) is -3.54. The highest BCUT2D eigenvalue weighted by Crippen LogP contribution is 2.67. The molecule has 1 aliphatic carbocycles. The summed E-state index contributed by atoms with van der Waals surface area (Å²) in [6.07, 6.45) is -0.818. The fraction of sp³-hybridized carbons (Fsp3) is 0.750. The van der Waals surface area contributed by atoms with Crippen LogP contribution in [0.3, 0.4) is 0 Å². The maximum absolute atomic E-state index is 11.3. The second kappa shape index (κ2) is 4.61. The van der Waals surface area contributed by atoms with Gasteiger partial charge in [0.25, 0.3) is 0 Å². The molecule has 0 heterocycles. The van der Waals surface area contributed by atoms with Gasteiger partial charge in [-0.25, -0.2) is 0 Å². The second-order valence-corrected chi connectivity index (χ2v) is 8.01. The van der Waals surface area contributed by atoms with Gasteiger partial charge in [-0.15, -0.1) is 0 Å². The first-order valence-corrected chi connectivity index (χ1v) is 6.71. The Labute approximate surface area is 132 Å². The number of alkyl halides is 6.